The van der Waals surface area contributed by atoms with Crippen LogP contribution in [0.1, 0.15) is 6.92 Å². The lowest BCUT2D eigenvalue weighted by atomic mass is 10.4. The number of benzene rings is 1. The van der Waals surface area contributed by atoms with Gasteiger partial charge in [0.05, 0.1) is 4.90 Å². The molecule has 0 aromatic heterocycles. The minimum Gasteiger partial charge on any atom is -0.480 e. The molecule has 7 heteroatoms. The van der Waals surface area contributed by atoms with Crippen molar-refractivity contribution in [2.75, 3.05) is 14.1 Å². The summed E-state index contributed by atoms with van der Waals surface area (Å²) in [6.07, 6.45) is 0. The predicted octanol–water partition coefficient (Wildman–Crippen LogP) is 1.50. The third-order valence-electron chi connectivity index (χ3n) is 2.26. The summed E-state index contributed by atoms with van der Waals surface area (Å²) in [5, 5.41) is 8.16. The smallest absolute Gasteiger partial charge is 0.316 e. The van der Waals surface area contributed by atoms with E-state index in [0.717, 1.165) is 16.1 Å². The van der Waals surface area contributed by atoms with E-state index in [0.29, 0.717) is 4.90 Å². The first-order chi connectivity index (χ1) is 8.26. The lowest BCUT2D eigenvalue weighted by Gasteiger charge is -2.15. The predicted molar refractivity (Wildman–Crippen MR) is 70.3 cm³/mol. The van der Waals surface area contributed by atoms with Crippen molar-refractivity contribution < 1.29 is 18.3 Å². The molecule has 0 radical (unpaired) electrons. The third kappa shape index (κ3) is 3.24. The zero-order valence-electron chi connectivity index (χ0n) is 10.3. The number of aliphatic carboxylic acids is 1. The van der Waals surface area contributed by atoms with Crippen LogP contribution in [0, 0.1) is 0 Å². The van der Waals surface area contributed by atoms with Gasteiger partial charge in [-0.25, -0.2) is 12.7 Å². The first kappa shape index (κ1) is 15.0. The average Bonchev–Trinajstić information content (AvgIpc) is 2.29. The second-order valence-electron chi connectivity index (χ2n) is 3.83. The van der Waals surface area contributed by atoms with Crippen LogP contribution in [0.15, 0.2) is 34.1 Å². The van der Waals surface area contributed by atoms with Gasteiger partial charge in [-0.3, -0.25) is 4.79 Å². The van der Waals surface area contributed by atoms with Crippen LogP contribution < -0.4 is 0 Å². The molecule has 1 atom stereocenters. The Hall–Kier alpha value is -1.05. The maximum atomic E-state index is 12.1. The summed E-state index contributed by atoms with van der Waals surface area (Å²) in [4.78, 5) is 11.4. The van der Waals surface area contributed by atoms with Gasteiger partial charge in [0.15, 0.2) is 0 Å². The van der Waals surface area contributed by atoms with Crippen LogP contribution in [0.3, 0.4) is 0 Å². The lowest BCUT2D eigenvalue weighted by Crippen LogP contribution is -2.23. The summed E-state index contributed by atoms with van der Waals surface area (Å²) < 4.78 is 25.2. The second kappa shape index (κ2) is 5.73. The van der Waals surface area contributed by atoms with E-state index in [1.54, 1.807) is 18.2 Å². The van der Waals surface area contributed by atoms with Crippen LogP contribution in [-0.2, 0) is 14.8 Å². The summed E-state index contributed by atoms with van der Waals surface area (Å²) in [6, 6.07) is 6.39. The Kier molecular flexibility index (Phi) is 4.78. The maximum Gasteiger partial charge on any atom is 0.316 e. The molecule has 0 spiro atoms. The van der Waals surface area contributed by atoms with Gasteiger partial charge in [0, 0.05) is 19.0 Å². The quantitative estimate of drug-likeness (QED) is 0.831. The molecule has 18 heavy (non-hydrogen) atoms. The van der Waals surface area contributed by atoms with E-state index < -0.39 is 21.2 Å². The Morgan fingerprint density at radius 3 is 2.39 bits per heavy atom. The Balaban J connectivity index is 3.20. The second-order valence-corrected chi connectivity index (χ2v) is 7.34. The van der Waals surface area contributed by atoms with Crippen molar-refractivity contribution in [3.8, 4) is 0 Å². The molecule has 5 nitrogen and oxygen atoms in total. The molecule has 0 heterocycles. The summed E-state index contributed by atoms with van der Waals surface area (Å²) in [5.74, 6) is -0.975. The number of thioether (sulfide) groups is 1. The number of sulfonamides is 1. The van der Waals surface area contributed by atoms with E-state index in [-0.39, 0.29) is 4.90 Å². The van der Waals surface area contributed by atoms with Crippen molar-refractivity contribution in [3.05, 3.63) is 24.3 Å². The van der Waals surface area contributed by atoms with Crippen LogP contribution in [0.25, 0.3) is 0 Å². The van der Waals surface area contributed by atoms with Crippen LogP contribution in [-0.4, -0.2) is 43.1 Å². The minimum atomic E-state index is -3.56. The van der Waals surface area contributed by atoms with Crippen LogP contribution in [0.5, 0.6) is 0 Å². The molecule has 0 amide bonds. The Morgan fingerprint density at radius 1 is 1.33 bits per heavy atom. The number of hydrogen-bond donors (Lipinski definition) is 1. The summed E-state index contributed by atoms with van der Waals surface area (Å²) in [5.41, 5.74) is 0. The molecule has 0 fully saturated rings. The zero-order chi connectivity index (χ0) is 13.9. The number of carboxylic acid groups (broad SMARTS) is 1. The van der Waals surface area contributed by atoms with E-state index in [9.17, 15) is 13.2 Å². The molecule has 1 aromatic carbocycles. The highest BCUT2D eigenvalue weighted by Crippen LogP contribution is 2.30. The molecule has 0 aliphatic heterocycles. The zero-order valence-corrected chi connectivity index (χ0v) is 12.0. The SMILES string of the molecule is CC(Sc1ccccc1S(=O)(=O)N(C)C)C(=O)O. The molecule has 1 unspecified atom stereocenters. The Labute approximate surface area is 111 Å². The van der Waals surface area contributed by atoms with E-state index >= 15 is 0 Å². The molecule has 0 aliphatic carbocycles. The van der Waals surface area contributed by atoms with Crippen molar-refractivity contribution in [2.24, 2.45) is 0 Å². The molecule has 1 aromatic rings. The normalized spacial score (nSPS) is 13.6. The van der Waals surface area contributed by atoms with Crippen molar-refractivity contribution in [3.63, 3.8) is 0 Å². The summed E-state index contributed by atoms with van der Waals surface area (Å²) in [6.45, 7) is 1.52. The Morgan fingerprint density at radius 2 is 1.89 bits per heavy atom. The van der Waals surface area contributed by atoms with Gasteiger partial charge in [-0.2, -0.15) is 0 Å². The van der Waals surface area contributed by atoms with Crippen molar-refractivity contribution in [2.45, 2.75) is 22.0 Å². The molecule has 100 valence electrons. The largest absolute Gasteiger partial charge is 0.480 e. The van der Waals surface area contributed by atoms with Gasteiger partial charge in [0.2, 0.25) is 10.0 Å². The highest BCUT2D eigenvalue weighted by Gasteiger charge is 2.23. The first-order valence-electron chi connectivity index (χ1n) is 5.18. The topological polar surface area (TPSA) is 74.7 Å². The minimum absolute atomic E-state index is 0.133. The molecule has 0 aliphatic rings. The fourth-order valence-corrected chi connectivity index (χ4v) is 3.45. The number of carboxylic acids is 1. The van der Waals surface area contributed by atoms with Gasteiger partial charge in [0.1, 0.15) is 5.25 Å². The van der Waals surface area contributed by atoms with Gasteiger partial charge >= 0.3 is 5.97 Å². The molecular weight excluding hydrogens is 274 g/mol. The number of hydrogen-bond acceptors (Lipinski definition) is 4. The molecule has 0 bridgehead atoms. The highest BCUT2D eigenvalue weighted by atomic mass is 32.2. The first-order valence-corrected chi connectivity index (χ1v) is 7.50. The van der Waals surface area contributed by atoms with Crippen LogP contribution in [0.4, 0.5) is 0 Å². The third-order valence-corrected chi connectivity index (χ3v) is 5.43. The van der Waals surface area contributed by atoms with E-state index in [1.165, 1.54) is 27.1 Å². The van der Waals surface area contributed by atoms with Crippen LogP contribution in [0.2, 0.25) is 0 Å². The van der Waals surface area contributed by atoms with Crippen molar-refractivity contribution in [1.29, 1.82) is 0 Å². The monoisotopic (exact) mass is 289 g/mol. The summed E-state index contributed by atoms with van der Waals surface area (Å²) >= 11 is 1.02. The number of rotatable bonds is 5. The number of nitrogens with zero attached hydrogens (tertiary/aromatic N) is 1. The molecule has 0 saturated heterocycles. The fraction of sp³-hybridized carbons (Fsp3) is 0.364. The van der Waals surface area contributed by atoms with Gasteiger partial charge < -0.3 is 5.11 Å². The van der Waals surface area contributed by atoms with E-state index in [1.807, 2.05) is 0 Å². The highest BCUT2D eigenvalue weighted by molar-refractivity contribution is 8.01. The van der Waals surface area contributed by atoms with Crippen molar-refractivity contribution >= 4 is 27.8 Å². The van der Waals surface area contributed by atoms with Crippen molar-refractivity contribution in [1.82, 2.24) is 4.31 Å². The molecule has 0 saturated carbocycles. The van der Waals surface area contributed by atoms with Gasteiger partial charge in [-0.1, -0.05) is 12.1 Å². The molecule has 1 N–H and O–H groups in total. The van der Waals surface area contributed by atoms with Gasteiger partial charge in [0.25, 0.3) is 0 Å². The Bertz CT molecular complexity index is 540. The maximum absolute atomic E-state index is 12.1. The van der Waals surface area contributed by atoms with Crippen LogP contribution >= 0.6 is 11.8 Å². The fourth-order valence-electron chi connectivity index (χ4n) is 1.20. The summed E-state index contributed by atoms with van der Waals surface area (Å²) in [7, 11) is -0.676. The van der Waals surface area contributed by atoms with Gasteiger partial charge in [-0.15, -0.1) is 11.8 Å². The van der Waals surface area contributed by atoms with E-state index in [4.69, 9.17) is 5.11 Å². The number of carbonyl (C=O) groups is 1. The van der Waals surface area contributed by atoms with Gasteiger partial charge in [-0.05, 0) is 19.1 Å². The molecular formula is C11H15NO4S2. The lowest BCUT2D eigenvalue weighted by molar-refractivity contribution is -0.136. The molecule has 1 rings (SSSR count). The van der Waals surface area contributed by atoms with E-state index in [2.05, 4.69) is 0 Å². The standard InChI is InChI=1S/C11H15NO4S2/c1-8(11(13)14)17-9-6-4-5-7-10(9)18(15,16)12(2)3/h4-8H,1-3H3,(H,13,14). The average molecular weight is 289 g/mol.